The SMILES string of the molecule is O=C(Nc1ccc2[nH]c(=O)[nH]c2c1)c1ccc(-c2cc(C(F)(F)F)cc(C(F)(F)F)c2)nc1. The fourth-order valence-corrected chi connectivity index (χ4v) is 3.12. The Morgan fingerprint density at radius 1 is 0.818 bits per heavy atom. The van der Waals surface area contributed by atoms with Crippen molar-refractivity contribution < 1.29 is 31.1 Å². The molecule has 0 atom stereocenters. The average Bonchev–Trinajstić information content (AvgIpc) is 3.11. The molecule has 4 rings (SSSR count). The van der Waals surface area contributed by atoms with Crippen molar-refractivity contribution in [3.63, 3.8) is 0 Å². The number of benzene rings is 2. The van der Waals surface area contributed by atoms with E-state index in [1.54, 1.807) is 6.07 Å². The highest BCUT2D eigenvalue weighted by molar-refractivity contribution is 6.04. The number of rotatable bonds is 3. The molecule has 2 aromatic carbocycles. The Kier molecular flexibility index (Phi) is 5.23. The molecule has 0 saturated heterocycles. The summed E-state index contributed by atoms with van der Waals surface area (Å²) in [6, 6.07) is 8.13. The lowest BCUT2D eigenvalue weighted by atomic mass is 10.0. The van der Waals surface area contributed by atoms with Gasteiger partial charge < -0.3 is 15.3 Å². The summed E-state index contributed by atoms with van der Waals surface area (Å²) in [5, 5.41) is 2.56. The first kappa shape index (κ1) is 22.1. The van der Waals surface area contributed by atoms with Gasteiger partial charge in [0.25, 0.3) is 5.91 Å². The van der Waals surface area contributed by atoms with Gasteiger partial charge in [-0.15, -0.1) is 0 Å². The zero-order valence-electron chi connectivity index (χ0n) is 16.2. The second-order valence-corrected chi connectivity index (χ2v) is 7.02. The Balaban J connectivity index is 1.61. The van der Waals surface area contributed by atoms with Gasteiger partial charge in [0.05, 0.1) is 33.4 Å². The van der Waals surface area contributed by atoms with Gasteiger partial charge in [0.1, 0.15) is 0 Å². The van der Waals surface area contributed by atoms with Crippen LogP contribution in [0.4, 0.5) is 32.0 Å². The molecule has 33 heavy (non-hydrogen) atoms. The molecule has 0 bridgehead atoms. The molecule has 3 N–H and O–H groups in total. The number of anilines is 1. The van der Waals surface area contributed by atoms with Gasteiger partial charge in [-0.05, 0) is 48.5 Å². The number of hydrogen-bond acceptors (Lipinski definition) is 3. The van der Waals surface area contributed by atoms with E-state index in [2.05, 4.69) is 20.3 Å². The van der Waals surface area contributed by atoms with Gasteiger partial charge in [0, 0.05) is 17.4 Å². The lowest BCUT2D eigenvalue weighted by Gasteiger charge is -2.14. The van der Waals surface area contributed by atoms with E-state index in [9.17, 15) is 35.9 Å². The third-order valence-electron chi connectivity index (χ3n) is 4.68. The number of H-pyrrole nitrogens is 2. The maximum absolute atomic E-state index is 13.1. The largest absolute Gasteiger partial charge is 0.416 e. The third kappa shape index (κ3) is 4.73. The number of aromatic nitrogens is 3. The number of pyridine rings is 1. The number of halogens is 6. The van der Waals surface area contributed by atoms with Crippen LogP contribution in [0.5, 0.6) is 0 Å². The van der Waals surface area contributed by atoms with E-state index in [0.29, 0.717) is 28.9 Å². The molecule has 0 aliphatic carbocycles. The highest BCUT2D eigenvalue weighted by atomic mass is 19.4. The zero-order chi connectivity index (χ0) is 24.0. The number of imidazole rings is 1. The molecule has 4 aromatic rings. The van der Waals surface area contributed by atoms with Crippen molar-refractivity contribution in [3.05, 3.63) is 81.9 Å². The number of nitrogens with zero attached hydrogens (tertiary/aromatic N) is 1. The summed E-state index contributed by atoms with van der Waals surface area (Å²) in [6.07, 6.45) is -8.93. The van der Waals surface area contributed by atoms with Crippen molar-refractivity contribution in [2.24, 2.45) is 0 Å². The van der Waals surface area contributed by atoms with Crippen LogP contribution in [0.1, 0.15) is 21.5 Å². The molecule has 1 amide bonds. The number of carbonyl (C=O) groups excluding carboxylic acids is 1. The topological polar surface area (TPSA) is 90.6 Å². The van der Waals surface area contributed by atoms with Crippen molar-refractivity contribution in [3.8, 4) is 11.3 Å². The van der Waals surface area contributed by atoms with E-state index in [-0.39, 0.29) is 17.3 Å². The van der Waals surface area contributed by atoms with Crippen LogP contribution in [0.25, 0.3) is 22.3 Å². The first-order valence-corrected chi connectivity index (χ1v) is 9.19. The lowest BCUT2D eigenvalue weighted by Crippen LogP contribution is -2.12. The van der Waals surface area contributed by atoms with Gasteiger partial charge in [0.15, 0.2) is 0 Å². The van der Waals surface area contributed by atoms with Crippen molar-refractivity contribution in [2.75, 3.05) is 5.32 Å². The Bertz CT molecular complexity index is 1370. The zero-order valence-corrected chi connectivity index (χ0v) is 16.2. The summed E-state index contributed by atoms with van der Waals surface area (Å²) in [4.78, 5) is 32.7. The Morgan fingerprint density at radius 3 is 2.03 bits per heavy atom. The quantitative estimate of drug-likeness (QED) is 0.362. The molecule has 0 aliphatic heterocycles. The van der Waals surface area contributed by atoms with Crippen LogP contribution in [0.2, 0.25) is 0 Å². The second kappa shape index (κ2) is 7.80. The van der Waals surface area contributed by atoms with E-state index >= 15 is 0 Å². The predicted octanol–water partition coefficient (Wildman–Crippen LogP) is 5.21. The van der Waals surface area contributed by atoms with Crippen LogP contribution < -0.4 is 11.0 Å². The summed E-state index contributed by atoms with van der Waals surface area (Å²) in [5.74, 6) is -0.619. The minimum atomic E-state index is -4.99. The molecule has 0 unspecified atom stereocenters. The third-order valence-corrected chi connectivity index (χ3v) is 4.68. The molecular formula is C21H12F6N4O2. The van der Waals surface area contributed by atoms with Gasteiger partial charge in [-0.2, -0.15) is 26.3 Å². The van der Waals surface area contributed by atoms with E-state index in [1.165, 1.54) is 18.2 Å². The molecule has 2 heterocycles. The fourth-order valence-electron chi connectivity index (χ4n) is 3.12. The Labute approximate surface area is 180 Å². The molecule has 0 radical (unpaired) electrons. The number of hydrogen-bond donors (Lipinski definition) is 3. The van der Waals surface area contributed by atoms with E-state index in [4.69, 9.17) is 0 Å². The molecular weight excluding hydrogens is 454 g/mol. The van der Waals surface area contributed by atoms with Crippen LogP contribution in [0.15, 0.2) is 59.5 Å². The summed E-state index contributed by atoms with van der Waals surface area (Å²) in [6.45, 7) is 0. The molecule has 0 spiro atoms. The maximum Gasteiger partial charge on any atom is 0.416 e. The van der Waals surface area contributed by atoms with Crippen LogP contribution in [-0.4, -0.2) is 20.9 Å². The highest BCUT2D eigenvalue weighted by Crippen LogP contribution is 2.38. The number of carbonyl (C=O) groups is 1. The van der Waals surface area contributed by atoms with Crippen molar-refractivity contribution >= 4 is 22.6 Å². The molecule has 6 nitrogen and oxygen atoms in total. The predicted molar refractivity (Wildman–Crippen MR) is 107 cm³/mol. The number of amides is 1. The van der Waals surface area contributed by atoms with Gasteiger partial charge in [-0.3, -0.25) is 9.78 Å². The molecule has 0 aliphatic rings. The Hall–Kier alpha value is -4.09. The average molecular weight is 466 g/mol. The monoisotopic (exact) mass is 466 g/mol. The molecule has 2 aromatic heterocycles. The number of nitrogens with one attached hydrogen (secondary N) is 3. The summed E-state index contributed by atoms with van der Waals surface area (Å²) < 4.78 is 78.4. The maximum atomic E-state index is 13.1. The van der Waals surface area contributed by atoms with Crippen LogP contribution in [0.3, 0.4) is 0 Å². The second-order valence-electron chi connectivity index (χ2n) is 7.02. The number of aromatic amines is 2. The highest BCUT2D eigenvalue weighted by Gasteiger charge is 2.37. The Morgan fingerprint density at radius 2 is 1.45 bits per heavy atom. The van der Waals surface area contributed by atoms with Gasteiger partial charge in [-0.25, -0.2) is 4.79 Å². The standard InChI is InChI=1S/C21H12F6N4O2/c22-20(23,24)12-5-11(6-13(7-12)21(25,26)27)15-3-1-10(9-28-15)18(32)29-14-2-4-16-17(8-14)31-19(33)30-16/h1-9H,(H,29,32)(H2,30,31,33). The summed E-state index contributed by atoms with van der Waals surface area (Å²) in [7, 11) is 0. The molecule has 170 valence electrons. The molecule has 12 heteroatoms. The summed E-state index contributed by atoms with van der Waals surface area (Å²) in [5.41, 5.74) is -2.57. The van der Waals surface area contributed by atoms with Crippen LogP contribution in [-0.2, 0) is 12.4 Å². The van der Waals surface area contributed by atoms with Crippen molar-refractivity contribution in [1.82, 2.24) is 15.0 Å². The summed E-state index contributed by atoms with van der Waals surface area (Å²) >= 11 is 0. The molecule has 0 saturated carbocycles. The minimum Gasteiger partial charge on any atom is -0.322 e. The van der Waals surface area contributed by atoms with E-state index in [0.717, 1.165) is 12.3 Å². The lowest BCUT2D eigenvalue weighted by molar-refractivity contribution is -0.143. The van der Waals surface area contributed by atoms with Gasteiger partial charge in [0.2, 0.25) is 0 Å². The van der Waals surface area contributed by atoms with Crippen LogP contribution >= 0.6 is 0 Å². The fraction of sp³-hybridized carbons (Fsp3) is 0.0952. The first-order chi connectivity index (χ1) is 15.4. The van der Waals surface area contributed by atoms with Crippen LogP contribution in [0, 0.1) is 0 Å². The van der Waals surface area contributed by atoms with Crippen molar-refractivity contribution in [1.29, 1.82) is 0 Å². The smallest absolute Gasteiger partial charge is 0.322 e. The van der Waals surface area contributed by atoms with E-state index < -0.39 is 40.6 Å². The van der Waals surface area contributed by atoms with Gasteiger partial charge in [-0.1, -0.05) is 0 Å². The normalized spacial score (nSPS) is 12.2. The van der Waals surface area contributed by atoms with Gasteiger partial charge >= 0.3 is 18.0 Å². The minimum absolute atomic E-state index is 0.0180. The molecule has 0 fully saturated rings. The first-order valence-electron chi connectivity index (χ1n) is 9.19. The number of fused-ring (bicyclic) bond motifs is 1. The van der Waals surface area contributed by atoms with Crippen molar-refractivity contribution in [2.45, 2.75) is 12.4 Å². The number of alkyl halides is 6. The van der Waals surface area contributed by atoms with E-state index in [1.807, 2.05) is 0 Å².